The van der Waals surface area contributed by atoms with E-state index in [-0.39, 0.29) is 12.0 Å². The van der Waals surface area contributed by atoms with Gasteiger partial charge in [0, 0.05) is 16.8 Å². The highest BCUT2D eigenvalue weighted by Crippen LogP contribution is 2.37. The molecule has 0 fully saturated rings. The molecule has 2 aromatic rings. The minimum absolute atomic E-state index is 0.0781. The van der Waals surface area contributed by atoms with Gasteiger partial charge in [0.1, 0.15) is 6.29 Å². The zero-order valence-electron chi connectivity index (χ0n) is 15.3. The number of benzene rings is 2. The van der Waals surface area contributed by atoms with Crippen molar-refractivity contribution in [1.82, 2.24) is 0 Å². The summed E-state index contributed by atoms with van der Waals surface area (Å²) in [4.78, 5) is 23.5. The number of hydrogen-bond acceptors (Lipinski definition) is 4. The fourth-order valence-corrected chi connectivity index (χ4v) is 2.66. The number of aldehydes is 1. The summed E-state index contributed by atoms with van der Waals surface area (Å²) >= 11 is 6.30. The fraction of sp³-hybridized carbons (Fsp3) is 0.300. The molecule has 0 saturated heterocycles. The summed E-state index contributed by atoms with van der Waals surface area (Å²) in [6, 6.07) is 8.23. The molecule has 138 valence electrons. The van der Waals surface area contributed by atoms with Crippen LogP contribution in [0.1, 0.15) is 47.1 Å². The first-order valence-corrected chi connectivity index (χ1v) is 8.73. The normalized spacial score (nSPS) is 10.5. The molecule has 0 saturated carbocycles. The van der Waals surface area contributed by atoms with Crippen LogP contribution in [0.15, 0.2) is 30.3 Å². The minimum atomic E-state index is -0.331. The van der Waals surface area contributed by atoms with Crippen molar-refractivity contribution in [2.45, 2.75) is 33.8 Å². The Balaban J connectivity index is 2.30. The zero-order valence-corrected chi connectivity index (χ0v) is 16.0. The van der Waals surface area contributed by atoms with Crippen molar-refractivity contribution in [3.05, 3.63) is 52.0 Å². The van der Waals surface area contributed by atoms with E-state index in [1.165, 1.54) is 0 Å². The highest BCUT2D eigenvalue weighted by atomic mass is 35.5. The molecule has 0 heterocycles. The highest BCUT2D eigenvalue weighted by molar-refractivity contribution is 6.32. The lowest BCUT2D eigenvalue weighted by atomic mass is 10.1. The lowest BCUT2D eigenvalue weighted by molar-refractivity contribution is 0.102. The Morgan fingerprint density at radius 3 is 2.58 bits per heavy atom. The molecule has 1 N–H and O–H groups in total. The van der Waals surface area contributed by atoms with Crippen LogP contribution in [-0.2, 0) is 0 Å². The molecule has 0 spiro atoms. The van der Waals surface area contributed by atoms with Crippen molar-refractivity contribution in [1.29, 1.82) is 0 Å². The van der Waals surface area contributed by atoms with Gasteiger partial charge in [-0.1, -0.05) is 11.6 Å². The number of halogens is 1. The van der Waals surface area contributed by atoms with Gasteiger partial charge in [-0.2, -0.15) is 0 Å². The van der Waals surface area contributed by atoms with Gasteiger partial charge in [-0.15, -0.1) is 0 Å². The summed E-state index contributed by atoms with van der Waals surface area (Å²) in [6.45, 7) is 7.84. The van der Waals surface area contributed by atoms with E-state index in [0.717, 1.165) is 11.8 Å². The summed E-state index contributed by atoms with van der Waals surface area (Å²) < 4.78 is 11.3. The van der Waals surface area contributed by atoms with E-state index in [0.29, 0.717) is 39.9 Å². The van der Waals surface area contributed by atoms with Gasteiger partial charge in [0.05, 0.1) is 17.7 Å². The van der Waals surface area contributed by atoms with E-state index in [1.807, 2.05) is 27.7 Å². The smallest absolute Gasteiger partial charge is 0.255 e. The number of rotatable bonds is 7. The molecule has 2 rings (SSSR count). The van der Waals surface area contributed by atoms with Gasteiger partial charge in [0.25, 0.3) is 5.91 Å². The van der Waals surface area contributed by atoms with Crippen LogP contribution in [0.3, 0.4) is 0 Å². The van der Waals surface area contributed by atoms with Crippen molar-refractivity contribution in [3.63, 3.8) is 0 Å². The molecule has 26 heavy (non-hydrogen) atoms. The van der Waals surface area contributed by atoms with Crippen LogP contribution >= 0.6 is 11.6 Å². The molecule has 0 unspecified atom stereocenters. The first kappa shape index (κ1) is 19.8. The van der Waals surface area contributed by atoms with Crippen molar-refractivity contribution in [2.75, 3.05) is 11.9 Å². The van der Waals surface area contributed by atoms with Gasteiger partial charge in [-0.05, 0) is 63.6 Å². The second-order valence-corrected chi connectivity index (χ2v) is 6.44. The van der Waals surface area contributed by atoms with Crippen LogP contribution < -0.4 is 14.8 Å². The Morgan fingerprint density at radius 2 is 2.00 bits per heavy atom. The average molecular weight is 376 g/mol. The molecular formula is C20H22ClNO4. The number of ether oxygens (including phenoxy) is 2. The quantitative estimate of drug-likeness (QED) is 0.699. The fourth-order valence-electron chi connectivity index (χ4n) is 2.40. The van der Waals surface area contributed by atoms with Crippen LogP contribution in [0.2, 0.25) is 5.02 Å². The maximum Gasteiger partial charge on any atom is 0.255 e. The Morgan fingerprint density at radius 1 is 1.27 bits per heavy atom. The highest BCUT2D eigenvalue weighted by Gasteiger charge is 2.17. The number of carbonyl (C=O) groups excluding carboxylic acids is 2. The van der Waals surface area contributed by atoms with Gasteiger partial charge >= 0.3 is 0 Å². The summed E-state index contributed by atoms with van der Waals surface area (Å²) in [5.41, 5.74) is 2.31. The maximum absolute atomic E-state index is 12.6. The number of aryl methyl sites for hydroxylation is 1. The minimum Gasteiger partial charge on any atom is -0.490 e. The molecule has 0 radical (unpaired) electrons. The van der Waals surface area contributed by atoms with Crippen molar-refractivity contribution in [2.24, 2.45) is 0 Å². The molecule has 0 atom stereocenters. The van der Waals surface area contributed by atoms with Crippen LogP contribution in [-0.4, -0.2) is 24.9 Å². The van der Waals surface area contributed by atoms with Crippen LogP contribution in [0, 0.1) is 6.92 Å². The molecule has 0 aromatic heterocycles. The molecule has 0 bridgehead atoms. The predicted molar refractivity (Wildman–Crippen MR) is 103 cm³/mol. The zero-order chi connectivity index (χ0) is 19.3. The standard InChI is InChI=1S/C20H22ClNO4/c1-5-25-18-10-15(9-17(21)19(18)26-12(2)3)20(24)22-16-7-6-14(11-23)13(4)8-16/h6-12H,5H2,1-4H3,(H,22,24). The second-order valence-electron chi connectivity index (χ2n) is 6.03. The lowest BCUT2D eigenvalue weighted by Crippen LogP contribution is -2.14. The lowest BCUT2D eigenvalue weighted by Gasteiger charge is -2.17. The largest absolute Gasteiger partial charge is 0.490 e. The molecule has 2 aromatic carbocycles. The second kappa shape index (κ2) is 8.72. The van der Waals surface area contributed by atoms with Crippen molar-refractivity contribution >= 4 is 29.5 Å². The summed E-state index contributed by atoms with van der Waals surface area (Å²) in [7, 11) is 0. The Hall–Kier alpha value is -2.53. The van der Waals surface area contributed by atoms with Gasteiger partial charge in [-0.25, -0.2) is 0 Å². The van der Waals surface area contributed by atoms with Crippen LogP contribution in [0.4, 0.5) is 5.69 Å². The van der Waals surface area contributed by atoms with Crippen LogP contribution in [0.25, 0.3) is 0 Å². The third-order valence-electron chi connectivity index (χ3n) is 3.58. The molecule has 6 heteroatoms. The Labute approximate surface area is 158 Å². The molecular weight excluding hydrogens is 354 g/mol. The van der Waals surface area contributed by atoms with Crippen molar-refractivity contribution in [3.8, 4) is 11.5 Å². The Bertz CT molecular complexity index is 818. The van der Waals surface area contributed by atoms with Crippen LogP contribution in [0.5, 0.6) is 11.5 Å². The Kier molecular flexibility index (Phi) is 6.64. The van der Waals surface area contributed by atoms with E-state index in [9.17, 15) is 9.59 Å². The van der Waals surface area contributed by atoms with Gasteiger partial charge in [0.2, 0.25) is 0 Å². The third kappa shape index (κ3) is 4.76. The average Bonchev–Trinajstić information content (AvgIpc) is 2.57. The summed E-state index contributed by atoms with van der Waals surface area (Å²) in [5.74, 6) is 0.514. The monoisotopic (exact) mass is 375 g/mol. The summed E-state index contributed by atoms with van der Waals surface area (Å²) in [5, 5.41) is 3.10. The molecule has 0 aliphatic carbocycles. The molecule has 0 aliphatic rings. The predicted octanol–water partition coefficient (Wildman–Crippen LogP) is 4.90. The topological polar surface area (TPSA) is 64.6 Å². The van der Waals surface area contributed by atoms with Gasteiger partial charge in [0.15, 0.2) is 11.5 Å². The van der Waals surface area contributed by atoms with E-state index >= 15 is 0 Å². The SMILES string of the molecule is CCOc1cc(C(=O)Nc2ccc(C=O)c(C)c2)cc(Cl)c1OC(C)C. The third-order valence-corrected chi connectivity index (χ3v) is 3.86. The maximum atomic E-state index is 12.6. The van der Waals surface area contributed by atoms with Crippen molar-refractivity contribution < 1.29 is 19.1 Å². The number of carbonyl (C=O) groups is 2. The van der Waals surface area contributed by atoms with E-state index < -0.39 is 0 Å². The van der Waals surface area contributed by atoms with Gasteiger partial charge < -0.3 is 14.8 Å². The first-order chi connectivity index (χ1) is 12.3. The molecule has 5 nitrogen and oxygen atoms in total. The molecule has 1 amide bonds. The number of anilines is 1. The first-order valence-electron chi connectivity index (χ1n) is 8.35. The van der Waals surface area contributed by atoms with E-state index in [4.69, 9.17) is 21.1 Å². The molecule has 0 aliphatic heterocycles. The number of nitrogens with one attached hydrogen (secondary N) is 1. The summed E-state index contributed by atoms with van der Waals surface area (Å²) in [6.07, 6.45) is 0.702. The van der Waals surface area contributed by atoms with Gasteiger partial charge in [-0.3, -0.25) is 9.59 Å². The van der Waals surface area contributed by atoms with E-state index in [1.54, 1.807) is 30.3 Å². The van der Waals surface area contributed by atoms with E-state index in [2.05, 4.69) is 5.32 Å². The number of amides is 1. The number of hydrogen-bond donors (Lipinski definition) is 1.